The average Bonchev–Trinajstić information content (AvgIpc) is 2.90. The molecule has 12 heteroatoms. The van der Waals surface area contributed by atoms with Crippen LogP contribution in [-0.4, -0.2) is 72.1 Å². The van der Waals surface area contributed by atoms with Crippen molar-refractivity contribution in [3.63, 3.8) is 0 Å². The topological polar surface area (TPSA) is 122 Å². The van der Waals surface area contributed by atoms with E-state index in [2.05, 4.69) is 20.6 Å². The lowest BCUT2D eigenvalue weighted by Gasteiger charge is -2.32. The normalized spacial score (nSPS) is 13.9. The molecular weight excluding hydrogens is 481 g/mol. The van der Waals surface area contributed by atoms with Gasteiger partial charge in [-0.05, 0) is 37.1 Å². The van der Waals surface area contributed by atoms with Crippen LogP contribution in [0.2, 0.25) is 0 Å². The molecule has 2 aromatic heterocycles. The van der Waals surface area contributed by atoms with E-state index in [1.807, 2.05) is 4.90 Å². The minimum atomic E-state index is -0.614. The third-order valence-corrected chi connectivity index (χ3v) is 6.39. The Labute approximate surface area is 213 Å². The van der Waals surface area contributed by atoms with Gasteiger partial charge in [-0.25, -0.2) is 9.37 Å². The Bertz CT molecular complexity index is 1380. The van der Waals surface area contributed by atoms with Gasteiger partial charge in [0, 0.05) is 58.3 Å². The number of benzene rings is 1. The van der Waals surface area contributed by atoms with Gasteiger partial charge in [-0.3, -0.25) is 14.4 Å². The fourth-order valence-corrected chi connectivity index (χ4v) is 4.28. The summed E-state index contributed by atoms with van der Waals surface area (Å²) in [7, 11) is 6.59. The highest BCUT2D eigenvalue weighted by molar-refractivity contribution is 5.85. The van der Waals surface area contributed by atoms with Crippen LogP contribution in [0.1, 0.15) is 12.8 Å². The second-order valence-corrected chi connectivity index (χ2v) is 9.09. The highest BCUT2D eigenvalue weighted by Crippen LogP contribution is 2.27. The van der Waals surface area contributed by atoms with E-state index in [0.29, 0.717) is 48.5 Å². The molecule has 3 aromatic rings. The number of aromatic nitrogens is 3. The third-order valence-electron chi connectivity index (χ3n) is 6.39. The number of piperidine rings is 1. The first-order valence-electron chi connectivity index (χ1n) is 11.9. The van der Waals surface area contributed by atoms with Crippen LogP contribution in [0, 0.1) is 11.7 Å². The lowest BCUT2D eigenvalue weighted by atomic mass is 9.96. The number of anilines is 3. The number of hydrogen-bond acceptors (Lipinski definition) is 8. The van der Waals surface area contributed by atoms with Crippen molar-refractivity contribution in [1.29, 1.82) is 0 Å². The molecule has 4 rings (SSSR count). The van der Waals surface area contributed by atoms with Crippen LogP contribution in [0.4, 0.5) is 21.8 Å². The standard InChI is InChI=1S/C25H30FN7O4/c1-27-21(34)14-37-20-12-16-11-17(5-6-19(16)32(4)24(20)36)29-22-18(26)13-28-25(30-22)33-9-7-15(8-10-33)23(35)31(2)3/h5-6,11-13,15H,7-10,14H2,1-4H3,(H,27,34)(H,28,29,30). The first-order valence-corrected chi connectivity index (χ1v) is 11.9. The number of ether oxygens (including phenoxy) is 1. The maximum atomic E-state index is 14.6. The summed E-state index contributed by atoms with van der Waals surface area (Å²) in [6, 6.07) is 6.73. The second kappa shape index (κ2) is 10.8. The molecule has 0 atom stereocenters. The molecule has 3 heterocycles. The lowest BCUT2D eigenvalue weighted by Crippen LogP contribution is -2.40. The van der Waals surface area contributed by atoms with Crippen LogP contribution in [-0.2, 0) is 16.6 Å². The Morgan fingerprint density at radius 1 is 1.22 bits per heavy atom. The van der Waals surface area contributed by atoms with E-state index in [1.165, 1.54) is 11.6 Å². The van der Waals surface area contributed by atoms with E-state index in [9.17, 15) is 18.8 Å². The molecule has 1 aliphatic heterocycles. The minimum Gasteiger partial charge on any atom is -0.478 e. The molecule has 2 N–H and O–H groups in total. The number of fused-ring (bicyclic) bond motifs is 1. The number of pyridine rings is 1. The molecule has 1 fully saturated rings. The highest BCUT2D eigenvalue weighted by atomic mass is 19.1. The summed E-state index contributed by atoms with van der Waals surface area (Å²) in [5.74, 6) is -0.481. The molecule has 37 heavy (non-hydrogen) atoms. The van der Waals surface area contributed by atoms with Gasteiger partial charge in [-0.15, -0.1) is 0 Å². The number of carbonyl (C=O) groups is 2. The van der Waals surface area contributed by atoms with Crippen LogP contribution in [0.3, 0.4) is 0 Å². The largest absolute Gasteiger partial charge is 0.478 e. The summed E-state index contributed by atoms with van der Waals surface area (Å²) in [6.45, 7) is 0.904. The maximum Gasteiger partial charge on any atom is 0.293 e. The monoisotopic (exact) mass is 511 g/mol. The SMILES string of the molecule is CNC(=O)COc1cc2cc(Nc3nc(N4CCC(C(=O)N(C)C)CC4)ncc3F)ccc2n(C)c1=O. The van der Waals surface area contributed by atoms with Gasteiger partial charge in [0.15, 0.2) is 24.0 Å². The van der Waals surface area contributed by atoms with Gasteiger partial charge >= 0.3 is 0 Å². The molecule has 1 saturated heterocycles. The smallest absolute Gasteiger partial charge is 0.293 e. The van der Waals surface area contributed by atoms with Crippen molar-refractivity contribution in [3.05, 3.63) is 46.6 Å². The molecule has 0 spiro atoms. The van der Waals surface area contributed by atoms with E-state index in [-0.39, 0.29) is 41.5 Å². The van der Waals surface area contributed by atoms with Crippen LogP contribution in [0.5, 0.6) is 5.75 Å². The van der Waals surface area contributed by atoms with Gasteiger partial charge < -0.3 is 29.7 Å². The lowest BCUT2D eigenvalue weighted by molar-refractivity contribution is -0.133. The Balaban J connectivity index is 1.54. The summed E-state index contributed by atoms with van der Waals surface area (Å²) in [4.78, 5) is 48.4. The fourth-order valence-electron chi connectivity index (χ4n) is 4.28. The molecule has 0 aliphatic carbocycles. The van der Waals surface area contributed by atoms with Gasteiger partial charge in [0.05, 0.1) is 11.7 Å². The molecule has 2 amide bonds. The van der Waals surface area contributed by atoms with Crippen LogP contribution in [0.15, 0.2) is 35.3 Å². The van der Waals surface area contributed by atoms with Gasteiger partial charge in [-0.2, -0.15) is 4.98 Å². The average molecular weight is 512 g/mol. The van der Waals surface area contributed by atoms with Gasteiger partial charge in [-0.1, -0.05) is 0 Å². The Morgan fingerprint density at radius 3 is 2.62 bits per heavy atom. The number of rotatable bonds is 7. The predicted octanol–water partition coefficient (Wildman–Crippen LogP) is 1.64. The first-order chi connectivity index (χ1) is 17.7. The van der Waals surface area contributed by atoms with Crippen molar-refractivity contribution in [2.45, 2.75) is 12.8 Å². The number of aryl methyl sites for hydroxylation is 1. The van der Waals surface area contributed by atoms with Crippen molar-refractivity contribution >= 4 is 40.2 Å². The van der Waals surface area contributed by atoms with E-state index in [1.54, 1.807) is 50.3 Å². The predicted molar refractivity (Wildman–Crippen MR) is 138 cm³/mol. The molecule has 11 nitrogen and oxygen atoms in total. The zero-order valence-electron chi connectivity index (χ0n) is 21.2. The van der Waals surface area contributed by atoms with Crippen LogP contribution < -0.4 is 25.8 Å². The zero-order valence-corrected chi connectivity index (χ0v) is 21.2. The first kappa shape index (κ1) is 25.9. The summed E-state index contributed by atoms with van der Waals surface area (Å²) in [6.07, 6.45) is 2.47. The molecule has 0 unspecified atom stereocenters. The quantitative estimate of drug-likeness (QED) is 0.491. The number of hydrogen-bond donors (Lipinski definition) is 2. The Morgan fingerprint density at radius 2 is 1.95 bits per heavy atom. The number of halogens is 1. The van der Waals surface area contributed by atoms with Crippen molar-refractivity contribution in [2.24, 2.45) is 13.0 Å². The Hall–Kier alpha value is -4.22. The summed E-state index contributed by atoms with van der Waals surface area (Å²) < 4.78 is 21.4. The Kier molecular flexibility index (Phi) is 7.55. The van der Waals surface area contributed by atoms with E-state index in [4.69, 9.17) is 4.74 Å². The molecule has 0 radical (unpaired) electrons. The van der Waals surface area contributed by atoms with E-state index >= 15 is 0 Å². The van der Waals surface area contributed by atoms with E-state index in [0.717, 1.165) is 6.20 Å². The maximum absolute atomic E-state index is 14.6. The number of likely N-dealkylation sites (N-methyl/N-ethyl adjacent to an activating group) is 1. The molecular formula is C25H30FN7O4. The van der Waals surface area contributed by atoms with Gasteiger partial charge in [0.2, 0.25) is 11.9 Å². The van der Waals surface area contributed by atoms with Gasteiger partial charge in [0.1, 0.15) is 0 Å². The number of nitrogens with zero attached hydrogens (tertiary/aromatic N) is 5. The molecule has 196 valence electrons. The highest BCUT2D eigenvalue weighted by Gasteiger charge is 2.27. The third kappa shape index (κ3) is 5.63. The van der Waals surface area contributed by atoms with Crippen molar-refractivity contribution in [2.75, 3.05) is 51.1 Å². The van der Waals surface area contributed by atoms with Crippen LogP contribution in [0.25, 0.3) is 10.9 Å². The van der Waals surface area contributed by atoms with Crippen molar-refractivity contribution in [1.82, 2.24) is 24.8 Å². The van der Waals surface area contributed by atoms with Crippen molar-refractivity contribution in [3.8, 4) is 5.75 Å². The number of amides is 2. The fraction of sp³-hybridized carbons (Fsp3) is 0.400. The molecule has 1 aliphatic rings. The van der Waals surface area contributed by atoms with Crippen LogP contribution >= 0.6 is 0 Å². The number of nitrogens with one attached hydrogen (secondary N) is 2. The zero-order chi connectivity index (χ0) is 26.7. The number of carbonyl (C=O) groups excluding carboxylic acids is 2. The molecule has 1 aromatic carbocycles. The van der Waals surface area contributed by atoms with E-state index < -0.39 is 5.82 Å². The summed E-state index contributed by atoms with van der Waals surface area (Å²) >= 11 is 0. The second-order valence-electron chi connectivity index (χ2n) is 9.09. The summed E-state index contributed by atoms with van der Waals surface area (Å²) in [5.41, 5.74) is 0.809. The van der Waals surface area contributed by atoms with Crippen molar-refractivity contribution < 1.29 is 18.7 Å². The van der Waals surface area contributed by atoms with Gasteiger partial charge in [0.25, 0.3) is 11.5 Å². The minimum absolute atomic E-state index is 0.0109. The molecule has 0 bridgehead atoms. The molecule has 0 saturated carbocycles. The summed E-state index contributed by atoms with van der Waals surface area (Å²) in [5, 5.41) is 6.08.